The van der Waals surface area contributed by atoms with Crippen molar-refractivity contribution in [1.29, 1.82) is 0 Å². The lowest BCUT2D eigenvalue weighted by molar-refractivity contribution is -0.116. The van der Waals surface area contributed by atoms with Crippen LogP contribution >= 0.6 is 0 Å². The van der Waals surface area contributed by atoms with E-state index in [4.69, 9.17) is 9.97 Å². The number of fused-ring (bicyclic) bond motifs is 2. The highest BCUT2D eigenvalue weighted by Gasteiger charge is 2.17. The van der Waals surface area contributed by atoms with E-state index in [0.29, 0.717) is 34.8 Å². The average Bonchev–Trinajstić information content (AvgIpc) is 3.53. The molecule has 0 spiro atoms. The van der Waals surface area contributed by atoms with Gasteiger partial charge in [0.1, 0.15) is 11.0 Å². The van der Waals surface area contributed by atoms with Gasteiger partial charge in [0, 0.05) is 42.3 Å². The molecule has 0 bridgehead atoms. The Morgan fingerprint density at radius 3 is 2.61 bits per heavy atom. The number of carbonyl (C=O) groups excluding carboxylic acids is 1. The highest BCUT2D eigenvalue weighted by Crippen LogP contribution is 2.30. The molecule has 0 radical (unpaired) electrons. The van der Waals surface area contributed by atoms with Crippen LogP contribution in [0, 0.1) is 0 Å². The second-order valence-electron chi connectivity index (χ2n) is 8.30. The van der Waals surface area contributed by atoms with Crippen LogP contribution in [0.2, 0.25) is 0 Å². The smallest absolute Gasteiger partial charge is 0.224 e. The van der Waals surface area contributed by atoms with E-state index in [0.717, 1.165) is 39.8 Å². The molecule has 0 unspecified atom stereocenters. The summed E-state index contributed by atoms with van der Waals surface area (Å²) in [7, 11) is 0. The summed E-state index contributed by atoms with van der Waals surface area (Å²) in [5.74, 6) is 0.547. The van der Waals surface area contributed by atoms with Gasteiger partial charge in [-0.3, -0.25) is 24.8 Å². The fourth-order valence-electron chi connectivity index (χ4n) is 4.09. The van der Waals surface area contributed by atoms with Crippen molar-refractivity contribution in [3.05, 3.63) is 67.4 Å². The van der Waals surface area contributed by atoms with Crippen LogP contribution in [0.4, 0.5) is 5.69 Å². The zero-order valence-corrected chi connectivity index (χ0v) is 19.4. The summed E-state index contributed by atoms with van der Waals surface area (Å²) in [5, 5.41) is 10.4. The third-order valence-electron chi connectivity index (χ3n) is 5.78. The molecule has 0 saturated heterocycles. The summed E-state index contributed by atoms with van der Waals surface area (Å²) in [6, 6.07) is 11.4. The van der Waals surface area contributed by atoms with E-state index in [1.54, 1.807) is 31.0 Å². The monoisotopic (exact) mass is 475 g/mol. The molecule has 36 heavy (non-hydrogen) atoms. The van der Waals surface area contributed by atoms with E-state index in [1.165, 1.54) is 0 Å². The number of pyridine rings is 4. The first-order chi connectivity index (χ1) is 17.7. The minimum atomic E-state index is -0.0394. The minimum absolute atomic E-state index is 0.0394. The van der Waals surface area contributed by atoms with Gasteiger partial charge in [-0.25, -0.2) is 9.97 Å². The van der Waals surface area contributed by atoms with Gasteiger partial charge in [0.25, 0.3) is 0 Å². The number of imidazole rings is 1. The molecule has 0 saturated carbocycles. The maximum absolute atomic E-state index is 12.0. The average molecular weight is 476 g/mol. The Morgan fingerprint density at radius 1 is 0.889 bits per heavy atom. The number of hydrogen-bond acceptors (Lipinski definition) is 7. The largest absolute Gasteiger partial charge is 0.336 e. The quantitative estimate of drug-likeness (QED) is 0.316. The van der Waals surface area contributed by atoms with Gasteiger partial charge < -0.3 is 10.3 Å². The second-order valence-corrected chi connectivity index (χ2v) is 8.30. The van der Waals surface area contributed by atoms with E-state index < -0.39 is 0 Å². The number of anilines is 1. The molecule has 6 aromatic heterocycles. The molecule has 0 aliphatic heterocycles. The number of aromatic amines is 2. The summed E-state index contributed by atoms with van der Waals surface area (Å²) in [6.45, 7) is 1.97. The van der Waals surface area contributed by atoms with Crippen molar-refractivity contribution in [3.8, 4) is 34.0 Å². The fourth-order valence-corrected chi connectivity index (χ4v) is 4.09. The van der Waals surface area contributed by atoms with Gasteiger partial charge in [0.15, 0.2) is 11.5 Å². The topological polar surface area (TPSA) is 138 Å². The lowest BCUT2D eigenvalue weighted by atomic mass is 10.1. The zero-order valence-electron chi connectivity index (χ0n) is 19.4. The number of carbonyl (C=O) groups is 1. The fraction of sp³-hybridized carbons (Fsp3) is 0.115. The molecule has 6 rings (SSSR count). The first-order valence-corrected chi connectivity index (χ1v) is 11.6. The lowest BCUT2D eigenvalue weighted by Gasteiger charge is -2.06. The zero-order chi connectivity index (χ0) is 24.5. The highest BCUT2D eigenvalue weighted by molar-refractivity contribution is 5.95. The van der Waals surface area contributed by atoms with Gasteiger partial charge in [-0.2, -0.15) is 5.10 Å². The molecule has 6 aromatic rings. The maximum atomic E-state index is 12.0. The van der Waals surface area contributed by atoms with Crippen LogP contribution in [0.5, 0.6) is 0 Å². The molecule has 10 nitrogen and oxygen atoms in total. The Labute approximate surface area is 205 Å². The Bertz CT molecular complexity index is 1710. The van der Waals surface area contributed by atoms with Crippen molar-refractivity contribution in [3.63, 3.8) is 0 Å². The summed E-state index contributed by atoms with van der Waals surface area (Å²) in [5.41, 5.74) is 7.46. The first kappa shape index (κ1) is 21.5. The van der Waals surface area contributed by atoms with E-state index in [2.05, 4.69) is 35.5 Å². The molecule has 0 aromatic carbocycles. The van der Waals surface area contributed by atoms with E-state index in [9.17, 15) is 4.79 Å². The second kappa shape index (κ2) is 8.99. The molecule has 0 atom stereocenters. The number of amides is 1. The van der Waals surface area contributed by atoms with Gasteiger partial charge in [0.2, 0.25) is 5.91 Å². The Hall–Kier alpha value is -4.99. The Balaban J connectivity index is 1.40. The standard InChI is InChI=1S/C26H21N9O/c1-2-3-21(36)30-17-12-16(13-28-14-17)18-4-5-20-24(31-18)25(35-34-20)26-32-19-8-11-29-22(23(19)33-26)15-6-9-27-10-7-15/h4-14H,2-3H2,1H3,(H,30,36)(H,32,33)(H,34,35). The van der Waals surface area contributed by atoms with Gasteiger partial charge in [-0.15, -0.1) is 0 Å². The predicted octanol–water partition coefficient (Wildman–Crippen LogP) is 4.76. The van der Waals surface area contributed by atoms with Gasteiger partial charge in [-0.05, 0) is 42.8 Å². The molecule has 6 heterocycles. The van der Waals surface area contributed by atoms with Crippen molar-refractivity contribution >= 4 is 33.7 Å². The molecule has 0 fully saturated rings. The normalized spacial score (nSPS) is 11.2. The summed E-state index contributed by atoms with van der Waals surface area (Å²) in [6.07, 6.45) is 9.80. The van der Waals surface area contributed by atoms with Crippen LogP contribution in [0.25, 0.3) is 56.1 Å². The molecular weight excluding hydrogens is 454 g/mol. The van der Waals surface area contributed by atoms with Crippen LogP contribution in [0.15, 0.2) is 67.4 Å². The number of nitrogens with one attached hydrogen (secondary N) is 3. The van der Waals surface area contributed by atoms with E-state index in [-0.39, 0.29) is 5.91 Å². The summed E-state index contributed by atoms with van der Waals surface area (Å²) < 4.78 is 0. The molecular formula is C26H21N9O. The Kier molecular flexibility index (Phi) is 5.38. The highest BCUT2D eigenvalue weighted by atomic mass is 16.1. The molecule has 10 heteroatoms. The van der Waals surface area contributed by atoms with Crippen molar-refractivity contribution < 1.29 is 4.79 Å². The number of rotatable bonds is 6. The van der Waals surface area contributed by atoms with Crippen LogP contribution in [-0.2, 0) is 4.79 Å². The van der Waals surface area contributed by atoms with Crippen molar-refractivity contribution in [1.82, 2.24) is 40.1 Å². The lowest BCUT2D eigenvalue weighted by Crippen LogP contribution is -2.10. The third-order valence-corrected chi connectivity index (χ3v) is 5.78. The molecule has 0 aliphatic rings. The number of aromatic nitrogens is 8. The predicted molar refractivity (Wildman–Crippen MR) is 137 cm³/mol. The SMILES string of the molecule is CCCC(=O)Nc1cncc(-c2ccc3[nH]nc(-c4nc5c(-c6ccncc6)nccc5[nH]4)c3n2)c1. The number of H-pyrrole nitrogens is 2. The first-order valence-electron chi connectivity index (χ1n) is 11.6. The van der Waals surface area contributed by atoms with Crippen molar-refractivity contribution in [2.24, 2.45) is 0 Å². The van der Waals surface area contributed by atoms with E-state index >= 15 is 0 Å². The molecule has 176 valence electrons. The third kappa shape index (κ3) is 3.94. The molecule has 0 aliphatic carbocycles. The van der Waals surface area contributed by atoms with Gasteiger partial charge in [0.05, 0.1) is 34.3 Å². The summed E-state index contributed by atoms with van der Waals surface area (Å²) >= 11 is 0. The maximum Gasteiger partial charge on any atom is 0.224 e. The molecule has 3 N–H and O–H groups in total. The van der Waals surface area contributed by atoms with Gasteiger partial charge >= 0.3 is 0 Å². The van der Waals surface area contributed by atoms with Crippen molar-refractivity contribution in [2.75, 3.05) is 5.32 Å². The summed E-state index contributed by atoms with van der Waals surface area (Å²) in [4.78, 5) is 38.0. The van der Waals surface area contributed by atoms with E-state index in [1.807, 2.05) is 43.3 Å². The van der Waals surface area contributed by atoms with Crippen LogP contribution in [0.3, 0.4) is 0 Å². The van der Waals surface area contributed by atoms with Crippen LogP contribution in [0.1, 0.15) is 19.8 Å². The number of hydrogen-bond donors (Lipinski definition) is 3. The molecule has 1 amide bonds. The van der Waals surface area contributed by atoms with Crippen molar-refractivity contribution in [2.45, 2.75) is 19.8 Å². The van der Waals surface area contributed by atoms with Crippen LogP contribution in [-0.4, -0.2) is 46.0 Å². The minimum Gasteiger partial charge on any atom is -0.336 e. The Morgan fingerprint density at radius 2 is 1.75 bits per heavy atom. The van der Waals surface area contributed by atoms with Crippen LogP contribution < -0.4 is 5.32 Å². The van der Waals surface area contributed by atoms with Gasteiger partial charge in [-0.1, -0.05) is 6.92 Å². The number of nitrogens with zero attached hydrogens (tertiary/aromatic N) is 6.